The summed E-state index contributed by atoms with van der Waals surface area (Å²) in [5, 5.41) is 10.4. The lowest BCUT2D eigenvalue weighted by molar-refractivity contribution is 0.0656. The van der Waals surface area contributed by atoms with E-state index in [1.54, 1.807) is 18.2 Å². The summed E-state index contributed by atoms with van der Waals surface area (Å²) in [7, 11) is 1.51. The zero-order chi connectivity index (χ0) is 17.4. The largest absolute Gasteiger partial charge is 0.496 e. The molecule has 0 aliphatic heterocycles. The summed E-state index contributed by atoms with van der Waals surface area (Å²) >= 11 is 0. The second kappa shape index (κ2) is 9.21. The molecule has 0 saturated heterocycles. The molecule has 2 rings (SSSR count). The average molecular weight is 334 g/mol. The Morgan fingerprint density at radius 1 is 1.12 bits per heavy atom. The fourth-order valence-electron chi connectivity index (χ4n) is 2.79. The number of carbonyl (C=O) groups is 1. The van der Waals surface area contributed by atoms with E-state index in [1.165, 1.54) is 39.2 Å². The highest BCUT2D eigenvalue weighted by Crippen LogP contribution is 2.38. The molecule has 0 atom stereocenters. The highest BCUT2D eigenvalue weighted by molar-refractivity contribution is 6.06. The van der Waals surface area contributed by atoms with Gasteiger partial charge in [0.25, 0.3) is 5.95 Å². The molecule has 24 heavy (non-hydrogen) atoms. The van der Waals surface area contributed by atoms with Crippen molar-refractivity contribution in [2.45, 2.75) is 51.9 Å². The normalized spacial score (nSPS) is 10.9. The molecule has 5 heteroatoms. The van der Waals surface area contributed by atoms with Crippen molar-refractivity contribution in [3.05, 3.63) is 24.0 Å². The van der Waals surface area contributed by atoms with E-state index in [2.05, 4.69) is 6.92 Å². The topological polar surface area (TPSA) is 68.9 Å². The van der Waals surface area contributed by atoms with E-state index in [-0.39, 0.29) is 11.7 Å². The van der Waals surface area contributed by atoms with Crippen LogP contribution in [0.3, 0.4) is 0 Å². The monoisotopic (exact) mass is 334 g/mol. The lowest BCUT2D eigenvalue weighted by Crippen LogP contribution is -1.97. The van der Waals surface area contributed by atoms with Crippen LogP contribution in [0.5, 0.6) is 11.7 Å². The SMILES string of the molecule is CCCCCCCCCOc1oc(C(=O)O)c2c(OC)cccc12. The van der Waals surface area contributed by atoms with Gasteiger partial charge in [-0.25, -0.2) is 4.79 Å². The molecule has 0 bridgehead atoms. The molecule has 0 radical (unpaired) electrons. The minimum absolute atomic E-state index is 0.142. The summed E-state index contributed by atoms with van der Waals surface area (Å²) in [6, 6.07) is 5.29. The molecule has 0 spiro atoms. The number of unbranched alkanes of at least 4 members (excludes halogenated alkanes) is 6. The molecule has 1 aromatic heterocycles. The van der Waals surface area contributed by atoms with Crippen LogP contribution in [0.15, 0.2) is 22.6 Å². The Morgan fingerprint density at radius 3 is 2.50 bits per heavy atom. The van der Waals surface area contributed by atoms with Crippen molar-refractivity contribution in [1.29, 1.82) is 0 Å². The predicted molar refractivity (Wildman–Crippen MR) is 93.2 cm³/mol. The van der Waals surface area contributed by atoms with Crippen LogP contribution < -0.4 is 9.47 Å². The molecule has 5 nitrogen and oxygen atoms in total. The quantitative estimate of drug-likeness (QED) is 0.567. The minimum atomic E-state index is -1.13. The molecule has 0 fully saturated rings. The summed E-state index contributed by atoms with van der Waals surface area (Å²) in [6.45, 7) is 2.73. The molecule has 0 aliphatic carbocycles. The number of aromatic carboxylic acids is 1. The first-order valence-corrected chi connectivity index (χ1v) is 8.64. The highest BCUT2D eigenvalue weighted by atomic mass is 16.6. The second-order valence-electron chi connectivity index (χ2n) is 5.88. The van der Waals surface area contributed by atoms with Crippen LogP contribution >= 0.6 is 0 Å². The van der Waals surface area contributed by atoms with Gasteiger partial charge in [0.15, 0.2) is 0 Å². The van der Waals surface area contributed by atoms with Gasteiger partial charge in [0, 0.05) is 0 Å². The maximum absolute atomic E-state index is 11.4. The molecule has 0 saturated carbocycles. The number of hydrogen-bond acceptors (Lipinski definition) is 4. The van der Waals surface area contributed by atoms with Gasteiger partial charge in [-0.1, -0.05) is 51.5 Å². The van der Waals surface area contributed by atoms with Crippen molar-refractivity contribution in [3.63, 3.8) is 0 Å². The van der Waals surface area contributed by atoms with Crippen LogP contribution in [0.4, 0.5) is 0 Å². The molecule has 1 aromatic carbocycles. The first kappa shape index (κ1) is 18.2. The molecular formula is C19H26O5. The molecule has 0 amide bonds. The number of carboxylic acids is 1. The number of benzene rings is 1. The number of fused-ring (bicyclic) bond motifs is 1. The molecule has 1 heterocycles. The Hall–Kier alpha value is -2.17. The van der Waals surface area contributed by atoms with E-state index in [9.17, 15) is 9.90 Å². The van der Waals surface area contributed by atoms with Crippen molar-refractivity contribution >= 4 is 16.7 Å². The lowest BCUT2D eigenvalue weighted by atomic mass is 10.1. The zero-order valence-corrected chi connectivity index (χ0v) is 14.5. The number of carboxylic acid groups (broad SMARTS) is 1. The van der Waals surface area contributed by atoms with Gasteiger partial charge in [0.1, 0.15) is 5.75 Å². The number of ether oxygens (including phenoxy) is 2. The van der Waals surface area contributed by atoms with E-state index in [1.807, 2.05) is 0 Å². The Morgan fingerprint density at radius 2 is 1.83 bits per heavy atom. The van der Waals surface area contributed by atoms with E-state index < -0.39 is 5.97 Å². The maximum atomic E-state index is 11.4. The van der Waals surface area contributed by atoms with Gasteiger partial charge < -0.3 is 19.0 Å². The van der Waals surface area contributed by atoms with Gasteiger partial charge in [0.2, 0.25) is 5.76 Å². The Bertz CT molecular complexity index is 659. The Balaban J connectivity index is 1.96. The molecule has 2 aromatic rings. The third-order valence-corrected chi connectivity index (χ3v) is 4.06. The Labute approximate surface area is 142 Å². The fraction of sp³-hybridized carbons (Fsp3) is 0.526. The average Bonchev–Trinajstić information content (AvgIpc) is 2.96. The highest BCUT2D eigenvalue weighted by Gasteiger charge is 2.22. The molecule has 1 N–H and O–H groups in total. The summed E-state index contributed by atoms with van der Waals surface area (Å²) in [5.41, 5.74) is 0. The van der Waals surface area contributed by atoms with Crippen molar-refractivity contribution in [2.75, 3.05) is 13.7 Å². The van der Waals surface area contributed by atoms with Gasteiger partial charge in [-0.05, 0) is 18.6 Å². The summed E-state index contributed by atoms with van der Waals surface area (Å²) in [4.78, 5) is 11.4. The zero-order valence-electron chi connectivity index (χ0n) is 14.5. The fourth-order valence-corrected chi connectivity index (χ4v) is 2.79. The maximum Gasteiger partial charge on any atom is 0.372 e. The Kier molecular flexibility index (Phi) is 6.97. The van der Waals surface area contributed by atoms with Gasteiger partial charge in [0.05, 0.1) is 24.5 Å². The standard InChI is InChI=1S/C19H26O5/c1-3-4-5-6-7-8-9-13-23-19-14-11-10-12-15(22-2)16(14)17(24-19)18(20)21/h10-12H,3-9,13H2,1-2H3,(H,20,21). The molecule has 0 unspecified atom stereocenters. The summed E-state index contributed by atoms with van der Waals surface area (Å²) in [6.07, 6.45) is 8.35. The lowest BCUT2D eigenvalue weighted by Gasteiger charge is -2.04. The third-order valence-electron chi connectivity index (χ3n) is 4.06. The van der Waals surface area contributed by atoms with Crippen LogP contribution in [0, 0.1) is 0 Å². The summed E-state index contributed by atoms with van der Waals surface area (Å²) in [5.74, 6) is -0.543. The number of methoxy groups -OCH3 is 1. The van der Waals surface area contributed by atoms with Gasteiger partial charge >= 0.3 is 5.97 Å². The second-order valence-corrected chi connectivity index (χ2v) is 5.88. The van der Waals surface area contributed by atoms with E-state index in [0.717, 1.165) is 12.8 Å². The number of furan rings is 1. The first-order chi connectivity index (χ1) is 11.7. The van der Waals surface area contributed by atoms with Crippen LogP contribution in [0.1, 0.15) is 62.4 Å². The number of hydrogen-bond donors (Lipinski definition) is 1. The molecule has 132 valence electrons. The number of rotatable bonds is 11. The van der Waals surface area contributed by atoms with Crippen LogP contribution in [0.25, 0.3) is 10.8 Å². The van der Waals surface area contributed by atoms with Gasteiger partial charge in [-0.15, -0.1) is 0 Å². The first-order valence-electron chi connectivity index (χ1n) is 8.64. The molecular weight excluding hydrogens is 308 g/mol. The van der Waals surface area contributed by atoms with Crippen molar-refractivity contribution in [3.8, 4) is 11.7 Å². The predicted octanol–water partition coefficient (Wildman–Crippen LogP) is 5.27. The summed E-state index contributed by atoms with van der Waals surface area (Å²) < 4.78 is 16.4. The minimum Gasteiger partial charge on any atom is -0.496 e. The van der Waals surface area contributed by atoms with Crippen LogP contribution in [-0.4, -0.2) is 24.8 Å². The van der Waals surface area contributed by atoms with E-state index in [4.69, 9.17) is 13.9 Å². The van der Waals surface area contributed by atoms with Crippen LogP contribution in [-0.2, 0) is 0 Å². The van der Waals surface area contributed by atoms with E-state index in [0.29, 0.717) is 23.1 Å². The van der Waals surface area contributed by atoms with Crippen molar-refractivity contribution in [2.24, 2.45) is 0 Å². The van der Waals surface area contributed by atoms with Crippen LogP contribution in [0.2, 0.25) is 0 Å². The smallest absolute Gasteiger partial charge is 0.372 e. The third kappa shape index (κ3) is 4.43. The van der Waals surface area contributed by atoms with Crippen molar-refractivity contribution < 1.29 is 23.8 Å². The van der Waals surface area contributed by atoms with Crippen molar-refractivity contribution in [1.82, 2.24) is 0 Å². The van der Waals surface area contributed by atoms with Gasteiger partial charge in [-0.2, -0.15) is 0 Å². The van der Waals surface area contributed by atoms with Gasteiger partial charge in [-0.3, -0.25) is 0 Å². The van der Waals surface area contributed by atoms with E-state index >= 15 is 0 Å². The molecule has 0 aliphatic rings.